The lowest BCUT2D eigenvalue weighted by atomic mass is 10.2. The van der Waals surface area contributed by atoms with Gasteiger partial charge in [-0.25, -0.2) is 4.68 Å². The molecule has 0 bridgehead atoms. The first kappa shape index (κ1) is 14.3. The van der Waals surface area contributed by atoms with E-state index >= 15 is 0 Å². The van der Waals surface area contributed by atoms with Gasteiger partial charge in [0, 0.05) is 0 Å². The molecule has 0 fully saturated rings. The molecular weight excluding hydrogens is 275 g/mol. The van der Waals surface area contributed by atoms with E-state index in [1.165, 1.54) is 12.1 Å². The lowest BCUT2D eigenvalue weighted by Crippen LogP contribution is -2.15. The van der Waals surface area contributed by atoms with Gasteiger partial charge in [0.15, 0.2) is 5.69 Å². The Labute approximate surface area is 112 Å². The molecule has 0 radical (unpaired) electrons. The molecule has 0 amide bonds. The number of alkyl halides is 3. The van der Waals surface area contributed by atoms with Crippen LogP contribution in [0.3, 0.4) is 0 Å². The Morgan fingerprint density at radius 1 is 1.25 bits per heavy atom. The van der Waals surface area contributed by atoms with E-state index in [2.05, 4.69) is 10.3 Å². The molecule has 0 aliphatic heterocycles. The van der Waals surface area contributed by atoms with Gasteiger partial charge in [-0.15, -0.1) is 5.10 Å². The molecular formula is C12H12F3N3O2. The van der Waals surface area contributed by atoms with Crippen molar-refractivity contribution < 1.29 is 23.0 Å². The zero-order valence-corrected chi connectivity index (χ0v) is 10.6. The molecule has 1 heterocycles. The lowest BCUT2D eigenvalue weighted by molar-refractivity contribution is -0.143. The van der Waals surface area contributed by atoms with Crippen molar-refractivity contribution in [3.05, 3.63) is 35.7 Å². The summed E-state index contributed by atoms with van der Waals surface area (Å²) < 4.78 is 44.8. The van der Waals surface area contributed by atoms with E-state index in [0.29, 0.717) is 17.0 Å². The van der Waals surface area contributed by atoms with Crippen molar-refractivity contribution in [3.8, 4) is 11.4 Å². The van der Waals surface area contributed by atoms with E-state index in [0.717, 1.165) is 0 Å². The Kier molecular flexibility index (Phi) is 3.93. The maximum absolute atomic E-state index is 13.0. The van der Waals surface area contributed by atoms with E-state index in [1.54, 1.807) is 19.1 Å². The predicted octanol–water partition coefficient (Wildman–Crippen LogP) is 2.18. The highest BCUT2D eigenvalue weighted by atomic mass is 19.4. The number of aromatic nitrogens is 3. The van der Waals surface area contributed by atoms with Crippen molar-refractivity contribution in [1.82, 2.24) is 15.0 Å². The molecule has 0 saturated heterocycles. The van der Waals surface area contributed by atoms with Crippen molar-refractivity contribution in [3.63, 3.8) is 0 Å². The largest absolute Gasteiger partial charge is 0.494 e. The minimum Gasteiger partial charge on any atom is -0.494 e. The monoisotopic (exact) mass is 287 g/mol. The molecule has 1 N–H and O–H groups in total. The Balaban J connectivity index is 2.45. The van der Waals surface area contributed by atoms with Crippen molar-refractivity contribution >= 4 is 0 Å². The van der Waals surface area contributed by atoms with Crippen LogP contribution >= 0.6 is 0 Å². The van der Waals surface area contributed by atoms with E-state index in [1.807, 2.05) is 0 Å². The molecule has 0 aliphatic rings. The summed E-state index contributed by atoms with van der Waals surface area (Å²) in [6.45, 7) is 1.44. The van der Waals surface area contributed by atoms with Gasteiger partial charge in [-0.2, -0.15) is 13.2 Å². The lowest BCUT2D eigenvalue weighted by Gasteiger charge is -2.11. The highest BCUT2D eigenvalue weighted by molar-refractivity contribution is 5.38. The first-order valence-electron chi connectivity index (χ1n) is 5.83. The van der Waals surface area contributed by atoms with E-state index in [-0.39, 0.29) is 5.69 Å². The zero-order valence-electron chi connectivity index (χ0n) is 10.6. The Morgan fingerprint density at radius 3 is 2.40 bits per heavy atom. The second-order valence-electron chi connectivity index (χ2n) is 3.88. The fourth-order valence-electron chi connectivity index (χ4n) is 1.73. The van der Waals surface area contributed by atoms with Gasteiger partial charge in [0.2, 0.25) is 0 Å². The minimum atomic E-state index is -4.65. The summed E-state index contributed by atoms with van der Waals surface area (Å²) in [4.78, 5) is 0. The first-order chi connectivity index (χ1) is 9.47. The quantitative estimate of drug-likeness (QED) is 0.936. The summed E-state index contributed by atoms with van der Waals surface area (Å²) in [7, 11) is 0. The van der Waals surface area contributed by atoms with Gasteiger partial charge in [-0.1, -0.05) is 5.21 Å². The molecule has 5 nitrogen and oxygen atoms in total. The fraction of sp³-hybridized carbons (Fsp3) is 0.333. The molecule has 0 unspecified atom stereocenters. The van der Waals surface area contributed by atoms with Gasteiger partial charge in [0.05, 0.1) is 18.9 Å². The summed E-state index contributed by atoms with van der Waals surface area (Å²) in [5, 5.41) is 15.7. The topological polar surface area (TPSA) is 60.2 Å². The molecule has 0 saturated carbocycles. The Hall–Kier alpha value is -2.09. The number of ether oxygens (including phenoxy) is 1. The molecule has 2 aromatic rings. The Bertz CT molecular complexity index is 579. The minimum absolute atomic E-state index is 0.188. The van der Waals surface area contributed by atoms with Crippen LogP contribution in [-0.2, 0) is 12.8 Å². The second kappa shape index (κ2) is 5.49. The number of halogens is 3. The van der Waals surface area contributed by atoms with Crippen LogP contribution in [0.5, 0.6) is 5.75 Å². The molecule has 0 atom stereocenters. The SMILES string of the molecule is CCOc1ccc(-n2nnc(CO)c2C(F)(F)F)cc1. The van der Waals surface area contributed by atoms with Gasteiger partial charge < -0.3 is 9.84 Å². The Morgan fingerprint density at radius 2 is 1.90 bits per heavy atom. The summed E-state index contributed by atoms with van der Waals surface area (Å²) in [5.74, 6) is 0.548. The maximum Gasteiger partial charge on any atom is 0.435 e. The predicted molar refractivity (Wildman–Crippen MR) is 63.5 cm³/mol. The van der Waals surface area contributed by atoms with Crippen LogP contribution in [0, 0.1) is 0 Å². The number of aliphatic hydroxyl groups excluding tert-OH is 1. The summed E-state index contributed by atoms with van der Waals surface area (Å²) in [6, 6.07) is 5.96. The van der Waals surface area contributed by atoms with Gasteiger partial charge in [0.1, 0.15) is 11.4 Å². The maximum atomic E-state index is 13.0. The number of nitrogens with zero attached hydrogens (tertiary/aromatic N) is 3. The first-order valence-corrected chi connectivity index (χ1v) is 5.83. The molecule has 8 heteroatoms. The molecule has 108 valence electrons. The number of hydrogen-bond donors (Lipinski definition) is 1. The standard InChI is InChI=1S/C12H12F3N3O2/c1-2-20-9-5-3-8(4-6-9)18-11(12(13,14)15)10(7-19)16-17-18/h3-6,19H,2,7H2,1H3. The van der Waals surface area contributed by atoms with Crippen LogP contribution in [0.25, 0.3) is 5.69 Å². The van der Waals surface area contributed by atoms with E-state index in [4.69, 9.17) is 9.84 Å². The third kappa shape index (κ3) is 2.74. The number of rotatable bonds is 4. The second-order valence-corrected chi connectivity index (χ2v) is 3.88. The smallest absolute Gasteiger partial charge is 0.435 e. The normalized spacial score (nSPS) is 11.7. The van der Waals surface area contributed by atoms with Crippen LogP contribution < -0.4 is 4.74 Å². The molecule has 0 aliphatic carbocycles. The summed E-state index contributed by atoms with van der Waals surface area (Å²) in [5.41, 5.74) is -1.40. The molecule has 1 aromatic heterocycles. The van der Waals surface area contributed by atoms with E-state index < -0.39 is 24.2 Å². The zero-order chi connectivity index (χ0) is 14.8. The van der Waals surface area contributed by atoms with Crippen LogP contribution in [0.2, 0.25) is 0 Å². The average Bonchev–Trinajstić information content (AvgIpc) is 2.84. The van der Waals surface area contributed by atoms with Gasteiger partial charge >= 0.3 is 6.18 Å². The van der Waals surface area contributed by atoms with Crippen molar-refractivity contribution in [1.29, 1.82) is 0 Å². The van der Waals surface area contributed by atoms with Crippen LogP contribution in [0.4, 0.5) is 13.2 Å². The van der Waals surface area contributed by atoms with Gasteiger partial charge in [-0.05, 0) is 31.2 Å². The van der Waals surface area contributed by atoms with Crippen LogP contribution in [0.15, 0.2) is 24.3 Å². The third-order valence-electron chi connectivity index (χ3n) is 2.55. The highest BCUT2D eigenvalue weighted by Gasteiger charge is 2.39. The van der Waals surface area contributed by atoms with Crippen molar-refractivity contribution in [2.45, 2.75) is 19.7 Å². The molecule has 0 spiro atoms. The molecule has 20 heavy (non-hydrogen) atoms. The number of aliphatic hydroxyl groups is 1. The number of hydrogen-bond acceptors (Lipinski definition) is 4. The third-order valence-corrected chi connectivity index (χ3v) is 2.55. The summed E-state index contributed by atoms with van der Waals surface area (Å²) in [6.07, 6.45) is -4.65. The van der Waals surface area contributed by atoms with Crippen molar-refractivity contribution in [2.75, 3.05) is 6.61 Å². The van der Waals surface area contributed by atoms with Gasteiger partial charge in [-0.3, -0.25) is 0 Å². The molecule has 1 aromatic carbocycles. The highest BCUT2D eigenvalue weighted by Crippen LogP contribution is 2.32. The van der Waals surface area contributed by atoms with Gasteiger partial charge in [0.25, 0.3) is 0 Å². The number of benzene rings is 1. The van der Waals surface area contributed by atoms with Crippen molar-refractivity contribution in [2.24, 2.45) is 0 Å². The van der Waals surface area contributed by atoms with Crippen LogP contribution in [-0.4, -0.2) is 26.7 Å². The summed E-state index contributed by atoms with van der Waals surface area (Å²) >= 11 is 0. The fourth-order valence-corrected chi connectivity index (χ4v) is 1.73. The molecule has 2 rings (SSSR count). The van der Waals surface area contributed by atoms with Crippen LogP contribution in [0.1, 0.15) is 18.3 Å². The average molecular weight is 287 g/mol. The van der Waals surface area contributed by atoms with E-state index in [9.17, 15) is 13.2 Å².